The zero-order valence-corrected chi connectivity index (χ0v) is 27.7. The Balaban J connectivity index is 0.000000219. The van der Waals surface area contributed by atoms with E-state index in [9.17, 15) is 18.0 Å². The minimum Gasteiger partial charge on any atom is -0.480 e. The number of carboxylic acids is 1. The van der Waals surface area contributed by atoms with Crippen LogP contribution in [0.15, 0.2) is 100 Å². The Hall–Kier alpha value is -5.78. The predicted octanol–water partition coefficient (Wildman–Crippen LogP) is 2.79. The number of hydrogen-bond donors (Lipinski definition) is 8. The number of nitrogens with one attached hydrogen (secondary N) is 5. The molecule has 17 heteroatoms. The fourth-order valence-corrected chi connectivity index (χ4v) is 6.24. The van der Waals surface area contributed by atoms with Crippen molar-refractivity contribution in [2.75, 3.05) is 31.6 Å². The number of carboxylic acid groups (broad SMARTS) is 1. The average molecular weight is 690 g/mol. The number of anilines is 1. The van der Waals surface area contributed by atoms with E-state index in [0.717, 1.165) is 16.5 Å². The molecule has 3 aromatic carbocycles. The number of benzene rings is 3. The molecule has 0 bridgehead atoms. The van der Waals surface area contributed by atoms with E-state index in [1.165, 1.54) is 6.92 Å². The lowest BCUT2D eigenvalue weighted by Gasteiger charge is -2.33. The number of pyridine rings is 1. The Morgan fingerprint density at radius 1 is 1.02 bits per heavy atom. The van der Waals surface area contributed by atoms with Crippen molar-refractivity contribution in [3.8, 4) is 0 Å². The molecule has 258 valence electrons. The number of carbonyl (C=O) groups is 2. The lowest BCUT2D eigenvalue weighted by Crippen LogP contribution is -2.52. The average Bonchev–Trinajstić information content (AvgIpc) is 3.08. The van der Waals surface area contributed by atoms with E-state index in [-0.39, 0.29) is 30.2 Å². The molecule has 1 aromatic heterocycles. The van der Waals surface area contributed by atoms with Crippen LogP contribution < -0.4 is 27.5 Å². The summed E-state index contributed by atoms with van der Waals surface area (Å²) < 4.78 is 27.4. The van der Waals surface area contributed by atoms with Gasteiger partial charge in [-0.3, -0.25) is 30.8 Å². The van der Waals surface area contributed by atoms with Crippen molar-refractivity contribution in [1.29, 1.82) is 10.8 Å². The molecule has 0 saturated carbocycles. The van der Waals surface area contributed by atoms with Crippen LogP contribution in [0.4, 0.5) is 11.4 Å². The number of nitrogens with zero attached hydrogens (tertiary/aromatic N) is 4. The molecule has 5 rings (SSSR count). The van der Waals surface area contributed by atoms with Crippen molar-refractivity contribution in [3.63, 3.8) is 0 Å². The Bertz CT molecular complexity index is 1880. The molecule has 49 heavy (non-hydrogen) atoms. The number of amidine groups is 2. The van der Waals surface area contributed by atoms with E-state index in [2.05, 4.69) is 31.4 Å². The van der Waals surface area contributed by atoms with Gasteiger partial charge in [0.15, 0.2) is 0 Å². The summed E-state index contributed by atoms with van der Waals surface area (Å²) in [4.78, 5) is 24.1. The Morgan fingerprint density at radius 2 is 1.65 bits per heavy atom. The van der Waals surface area contributed by atoms with Gasteiger partial charge in [0, 0.05) is 66.9 Å². The molecule has 1 aliphatic heterocycles. The maximum atomic E-state index is 12.9. The number of aromatic nitrogens is 1. The van der Waals surface area contributed by atoms with Crippen LogP contribution in [0, 0.1) is 10.8 Å². The van der Waals surface area contributed by atoms with Gasteiger partial charge in [-0.1, -0.05) is 17.4 Å². The van der Waals surface area contributed by atoms with E-state index in [1.807, 2.05) is 13.0 Å². The van der Waals surface area contributed by atoms with Gasteiger partial charge in [-0.2, -0.15) is 4.31 Å². The van der Waals surface area contributed by atoms with Crippen LogP contribution in [-0.4, -0.2) is 78.6 Å². The number of piperazine rings is 1. The van der Waals surface area contributed by atoms with Gasteiger partial charge in [0.25, 0.3) is 0 Å². The molecule has 4 aromatic rings. The van der Waals surface area contributed by atoms with Crippen LogP contribution in [0.1, 0.15) is 25.0 Å². The zero-order valence-electron chi connectivity index (χ0n) is 26.9. The molecule has 2 heterocycles. The highest BCUT2D eigenvalue weighted by Gasteiger charge is 2.31. The Kier molecular flexibility index (Phi) is 13.8. The van der Waals surface area contributed by atoms with E-state index < -0.39 is 16.0 Å². The zero-order chi connectivity index (χ0) is 36.0. The summed E-state index contributed by atoms with van der Waals surface area (Å²) in [5, 5.41) is 37.3. The predicted molar refractivity (Wildman–Crippen MR) is 187 cm³/mol. The highest BCUT2D eigenvalue weighted by molar-refractivity contribution is 7.89. The lowest BCUT2D eigenvalue weighted by atomic mass is 10.2. The van der Waals surface area contributed by atoms with E-state index in [1.54, 1.807) is 83.4 Å². The Labute approximate surface area is 283 Å². The van der Waals surface area contributed by atoms with Gasteiger partial charge < -0.3 is 27.2 Å². The van der Waals surface area contributed by atoms with Gasteiger partial charge in [-0.05, 0) is 67.6 Å². The van der Waals surface area contributed by atoms with E-state index in [0.29, 0.717) is 41.3 Å². The molecule has 0 spiro atoms. The van der Waals surface area contributed by atoms with Gasteiger partial charge in [0.05, 0.1) is 16.3 Å². The summed E-state index contributed by atoms with van der Waals surface area (Å²) in [6.07, 6.45) is 3.32. The van der Waals surface area contributed by atoms with Crippen molar-refractivity contribution in [3.05, 3.63) is 96.3 Å². The molecular formula is C32H39N11O5S. The Morgan fingerprint density at radius 3 is 2.20 bits per heavy atom. The maximum absolute atomic E-state index is 12.9. The van der Waals surface area contributed by atoms with Crippen LogP contribution in [0.2, 0.25) is 0 Å². The van der Waals surface area contributed by atoms with Crippen molar-refractivity contribution in [1.82, 2.24) is 19.9 Å². The second kappa shape index (κ2) is 17.9. The molecule has 0 radical (unpaired) electrons. The third kappa shape index (κ3) is 11.5. The number of aliphatic carboxylic acids is 1. The molecule has 1 saturated heterocycles. The molecule has 1 amide bonds. The molecule has 1 unspecified atom stereocenters. The maximum Gasteiger partial charge on any atom is 0.322 e. The number of rotatable bonds is 9. The second-order valence-electron chi connectivity index (χ2n) is 10.6. The molecule has 1 aliphatic rings. The number of nitrogens with two attached hydrogens (primary N) is 2. The smallest absolute Gasteiger partial charge is 0.322 e. The first-order chi connectivity index (χ1) is 23.3. The number of carbonyl (C=O) groups excluding carboxylic acids is 1. The van der Waals surface area contributed by atoms with Crippen molar-refractivity contribution < 1.29 is 23.1 Å². The number of nitrogen functional groups attached to an aromatic ring is 2. The fraction of sp³-hybridized carbons (Fsp3) is 0.219. The summed E-state index contributed by atoms with van der Waals surface area (Å²) in [5.41, 5.74) is 16.2. The monoisotopic (exact) mass is 689 g/mol. The summed E-state index contributed by atoms with van der Waals surface area (Å²) in [7, 11) is -3.47. The summed E-state index contributed by atoms with van der Waals surface area (Å²) in [6.45, 7) is 4.78. The van der Waals surface area contributed by atoms with E-state index >= 15 is 0 Å². The molecule has 0 aliphatic carbocycles. The molecule has 10 N–H and O–H groups in total. The van der Waals surface area contributed by atoms with Crippen molar-refractivity contribution in [2.24, 2.45) is 21.8 Å². The summed E-state index contributed by atoms with van der Waals surface area (Å²) >= 11 is 0. The van der Waals surface area contributed by atoms with Crippen LogP contribution >= 0.6 is 0 Å². The first-order valence-corrected chi connectivity index (χ1v) is 16.3. The van der Waals surface area contributed by atoms with E-state index in [4.69, 9.17) is 27.4 Å². The minimum absolute atomic E-state index is 0.0159. The van der Waals surface area contributed by atoms with Crippen LogP contribution in [0.5, 0.6) is 0 Å². The topological polar surface area (TPSA) is 265 Å². The number of hydrogen-bond acceptors (Lipinski definition) is 10. The number of fused-ring (bicyclic) bond motifs is 1. The van der Waals surface area contributed by atoms with Gasteiger partial charge >= 0.3 is 5.97 Å². The molecule has 16 nitrogen and oxygen atoms in total. The minimum atomic E-state index is -3.47. The first kappa shape index (κ1) is 37.7. The summed E-state index contributed by atoms with van der Waals surface area (Å²) in [6, 6.07) is 20.9. The highest BCUT2D eigenvalue weighted by atomic mass is 32.2. The van der Waals surface area contributed by atoms with Gasteiger partial charge in [-0.25, -0.2) is 8.42 Å². The number of sulfonamides is 1. The van der Waals surface area contributed by atoms with Crippen molar-refractivity contribution >= 4 is 55.7 Å². The fourth-order valence-electron chi connectivity index (χ4n) is 4.40. The van der Waals surface area contributed by atoms with Gasteiger partial charge in [0.1, 0.15) is 18.2 Å². The molecular weight excluding hydrogens is 650 g/mol. The summed E-state index contributed by atoms with van der Waals surface area (Å²) in [5.74, 6) is -1.32. The largest absolute Gasteiger partial charge is 0.480 e. The highest BCUT2D eigenvalue weighted by Crippen LogP contribution is 2.26. The van der Waals surface area contributed by atoms with Gasteiger partial charge in [0.2, 0.25) is 15.9 Å². The SMILES string of the molecule is CC(=O)NCC(=O)O.CC1CNCCN1S(=O)(=O)c1cccc2cnccc12.N=C(N)c1ccc(/N=N/Nc2ccc(C(=N)N)cc2)cc1. The number of amides is 1. The second-order valence-corrected chi connectivity index (χ2v) is 12.4. The van der Waals surface area contributed by atoms with Crippen LogP contribution in [-0.2, 0) is 19.6 Å². The first-order valence-electron chi connectivity index (χ1n) is 14.9. The van der Waals surface area contributed by atoms with Crippen molar-refractivity contribution in [2.45, 2.75) is 24.8 Å². The standard InChI is InChI=1S/C14H15N7.C14H17N3O2S.C4H7NO3/c15-13(16)9-1-5-11(6-2-9)19-21-20-12-7-3-10(4-8-12)14(17)18;1-11-9-16-7-8-17(11)20(18,19)14-4-2-3-12-10-15-6-5-13(12)14;1-3(6)5-2-4(7)8/h1-8H,(H3,15,16)(H3,17,18)(H,19,20);2-6,10-11,16H,7-9H2,1H3;2H2,1H3,(H,5,6)(H,7,8). The van der Waals surface area contributed by atoms with Gasteiger partial charge in [-0.15, -0.1) is 5.11 Å². The van der Waals surface area contributed by atoms with Crippen LogP contribution in [0.25, 0.3) is 10.8 Å². The third-order valence-electron chi connectivity index (χ3n) is 6.88. The third-order valence-corrected chi connectivity index (χ3v) is 8.95. The lowest BCUT2D eigenvalue weighted by molar-refractivity contribution is -0.137. The van der Waals surface area contributed by atoms with Crippen LogP contribution in [0.3, 0.4) is 0 Å². The molecule has 1 fully saturated rings. The molecule has 1 atom stereocenters. The normalized spacial score (nSPS) is 14.4. The quantitative estimate of drug-likeness (QED) is 0.0551.